The zero-order chi connectivity index (χ0) is 17.8. The Morgan fingerprint density at radius 3 is 2.64 bits per heavy atom. The maximum Gasteiger partial charge on any atom is 0.311 e. The van der Waals surface area contributed by atoms with Gasteiger partial charge in [-0.1, -0.05) is 12.1 Å². The van der Waals surface area contributed by atoms with Crippen LogP contribution in [0.1, 0.15) is 12.5 Å². The Morgan fingerprint density at radius 2 is 1.88 bits per heavy atom. The van der Waals surface area contributed by atoms with Crippen molar-refractivity contribution in [3.05, 3.63) is 53.8 Å². The van der Waals surface area contributed by atoms with E-state index >= 15 is 0 Å². The molecule has 6 nitrogen and oxygen atoms in total. The van der Waals surface area contributed by atoms with E-state index in [4.69, 9.17) is 14.2 Å². The lowest BCUT2D eigenvalue weighted by molar-refractivity contribution is -0.152. The number of ether oxygens (including phenoxy) is 3. The third kappa shape index (κ3) is 4.26. The van der Waals surface area contributed by atoms with E-state index in [2.05, 4.69) is 5.32 Å². The lowest BCUT2D eigenvalue weighted by Gasteiger charge is -2.14. The normalized spacial score (nSPS) is 13.2. The molecular formula is C18H16FNO5. The van der Waals surface area contributed by atoms with Crippen molar-refractivity contribution in [2.24, 2.45) is 0 Å². The van der Waals surface area contributed by atoms with Gasteiger partial charge in [0.2, 0.25) is 6.79 Å². The van der Waals surface area contributed by atoms with Crippen molar-refractivity contribution < 1.29 is 28.2 Å². The number of carbonyl (C=O) groups is 2. The first-order valence-corrected chi connectivity index (χ1v) is 7.66. The van der Waals surface area contributed by atoms with E-state index in [-0.39, 0.29) is 19.0 Å². The standard InChI is InChI=1S/C18H16FNO5/c1-11(25-17(21)8-12-2-4-13(19)5-3-12)18(22)20-14-6-7-15-16(9-14)24-10-23-15/h2-7,9,11H,8,10H2,1H3,(H,20,22). The quantitative estimate of drug-likeness (QED) is 0.844. The molecule has 0 aromatic heterocycles. The van der Waals surface area contributed by atoms with Crippen LogP contribution in [-0.2, 0) is 20.7 Å². The molecule has 2 aromatic rings. The number of halogens is 1. The largest absolute Gasteiger partial charge is 0.454 e. The van der Waals surface area contributed by atoms with Gasteiger partial charge in [0, 0.05) is 11.8 Å². The molecule has 1 amide bonds. The van der Waals surface area contributed by atoms with Gasteiger partial charge in [-0.15, -0.1) is 0 Å². The summed E-state index contributed by atoms with van der Waals surface area (Å²) in [7, 11) is 0. The second kappa shape index (κ2) is 7.21. The summed E-state index contributed by atoms with van der Waals surface area (Å²) in [5.41, 5.74) is 1.12. The van der Waals surface area contributed by atoms with E-state index in [1.165, 1.54) is 31.2 Å². The Hall–Kier alpha value is -3.09. The molecule has 0 saturated carbocycles. The highest BCUT2D eigenvalue weighted by atomic mass is 19.1. The molecule has 0 bridgehead atoms. The number of fused-ring (bicyclic) bond motifs is 1. The highest BCUT2D eigenvalue weighted by Crippen LogP contribution is 2.34. The summed E-state index contributed by atoms with van der Waals surface area (Å²) in [5, 5.41) is 2.65. The predicted molar refractivity (Wildman–Crippen MR) is 86.9 cm³/mol. The molecule has 130 valence electrons. The molecule has 1 heterocycles. The zero-order valence-corrected chi connectivity index (χ0v) is 13.5. The molecule has 1 aliphatic heterocycles. The van der Waals surface area contributed by atoms with Gasteiger partial charge < -0.3 is 19.5 Å². The maximum atomic E-state index is 12.8. The maximum absolute atomic E-state index is 12.8. The van der Waals surface area contributed by atoms with E-state index in [1.807, 2.05) is 0 Å². The topological polar surface area (TPSA) is 73.9 Å². The number of nitrogens with one attached hydrogen (secondary N) is 1. The lowest BCUT2D eigenvalue weighted by Crippen LogP contribution is -2.30. The van der Waals surface area contributed by atoms with Gasteiger partial charge in [0.25, 0.3) is 5.91 Å². The third-order valence-corrected chi connectivity index (χ3v) is 3.58. The molecule has 0 saturated heterocycles. The molecule has 1 N–H and O–H groups in total. The molecule has 0 fully saturated rings. The minimum atomic E-state index is -0.974. The molecule has 0 aliphatic carbocycles. The highest BCUT2D eigenvalue weighted by Gasteiger charge is 2.20. The first-order chi connectivity index (χ1) is 12.0. The second-order valence-corrected chi connectivity index (χ2v) is 5.49. The number of anilines is 1. The van der Waals surface area contributed by atoms with Crippen LogP contribution in [0.4, 0.5) is 10.1 Å². The van der Waals surface area contributed by atoms with E-state index in [1.54, 1.807) is 18.2 Å². The molecule has 2 aromatic carbocycles. The minimum absolute atomic E-state index is 0.0398. The van der Waals surface area contributed by atoms with Gasteiger partial charge in [-0.05, 0) is 36.8 Å². The molecule has 1 unspecified atom stereocenters. The van der Waals surface area contributed by atoms with Gasteiger partial charge >= 0.3 is 5.97 Å². The smallest absolute Gasteiger partial charge is 0.311 e. The van der Waals surface area contributed by atoms with E-state index < -0.39 is 18.0 Å². The summed E-state index contributed by atoms with van der Waals surface area (Å²) < 4.78 is 28.4. The zero-order valence-electron chi connectivity index (χ0n) is 13.5. The van der Waals surface area contributed by atoms with Crippen LogP contribution in [-0.4, -0.2) is 24.8 Å². The summed E-state index contributed by atoms with van der Waals surface area (Å²) in [5.74, 6) is -0.268. The number of amides is 1. The number of rotatable bonds is 5. The fourth-order valence-electron chi connectivity index (χ4n) is 2.28. The summed E-state index contributed by atoms with van der Waals surface area (Å²) in [6.45, 7) is 1.62. The molecule has 25 heavy (non-hydrogen) atoms. The first kappa shape index (κ1) is 16.8. The van der Waals surface area contributed by atoms with Crippen molar-refractivity contribution >= 4 is 17.6 Å². The molecule has 1 atom stereocenters. The van der Waals surface area contributed by atoms with Crippen molar-refractivity contribution in [1.82, 2.24) is 0 Å². The fourth-order valence-corrected chi connectivity index (χ4v) is 2.28. The van der Waals surface area contributed by atoms with Crippen molar-refractivity contribution in [2.45, 2.75) is 19.4 Å². The van der Waals surface area contributed by atoms with Crippen LogP contribution in [0.15, 0.2) is 42.5 Å². The van der Waals surface area contributed by atoms with Gasteiger partial charge in [-0.3, -0.25) is 9.59 Å². The monoisotopic (exact) mass is 345 g/mol. The average Bonchev–Trinajstić information content (AvgIpc) is 3.04. The lowest BCUT2D eigenvalue weighted by atomic mass is 10.1. The molecular weight excluding hydrogens is 329 g/mol. The number of benzene rings is 2. The SMILES string of the molecule is CC(OC(=O)Cc1ccc(F)cc1)C(=O)Nc1ccc2c(c1)OCO2. The van der Waals surface area contributed by atoms with Gasteiger partial charge in [0.1, 0.15) is 5.82 Å². The Balaban J connectivity index is 1.53. The van der Waals surface area contributed by atoms with Gasteiger partial charge in [0.15, 0.2) is 17.6 Å². The van der Waals surface area contributed by atoms with Gasteiger partial charge in [-0.25, -0.2) is 4.39 Å². The Labute approximate surface area is 143 Å². The van der Waals surface area contributed by atoms with Crippen LogP contribution in [0.25, 0.3) is 0 Å². The third-order valence-electron chi connectivity index (χ3n) is 3.58. The minimum Gasteiger partial charge on any atom is -0.454 e. The van der Waals surface area contributed by atoms with Crippen molar-refractivity contribution in [3.8, 4) is 11.5 Å². The van der Waals surface area contributed by atoms with Crippen LogP contribution < -0.4 is 14.8 Å². The molecule has 0 radical (unpaired) electrons. The fraction of sp³-hybridized carbons (Fsp3) is 0.222. The number of hydrogen-bond acceptors (Lipinski definition) is 5. The van der Waals surface area contributed by atoms with Crippen LogP contribution in [0.5, 0.6) is 11.5 Å². The van der Waals surface area contributed by atoms with Crippen molar-refractivity contribution in [2.75, 3.05) is 12.1 Å². The summed E-state index contributed by atoms with van der Waals surface area (Å²) in [4.78, 5) is 24.0. The molecule has 1 aliphatic rings. The van der Waals surface area contributed by atoms with Crippen molar-refractivity contribution in [3.63, 3.8) is 0 Å². The first-order valence-electron chi connectivity index (χ1n) is 7.66. The second-order valence-electron chi connectivity index (χ2n) is 5.49. The van der Waals surface area contributed by atoms with Crippen LogP contribution in [0.2, 0.25) is 0 Å². The highest BCUT2D eigenvalue weighted by molar-refractivity contribution is 5.95. The summed E-state index contributed by atoms with van der Waals surface area (Å²) in [6.07, 6.45) is -1.01. The summed E-state index contributed by atoms with van der Waals surface area (Å²) in [6, 6.07) is 10.5. The van der Waals surface area contributed by atoms with Crippen LogP contribution in [0.3, 0.4) is 0 Å². The van der Waals surface area contributed by atoms with E-state index in [0.29, 0.717) is 22.7 Å². The summed E-state index contributed by atoms with van der Waals surface area (Å²) >= 11 is 0. The van der Waals surface area contributed by atoms with Crippen LogP contribution >= 0.6 is 0 Å². The Kier molecular flexibility index (Phi) is 4.83. The Morgan fingerprint density at radius 1 is 1.16 bits per heavy atom. The predicted octanol–water partition coefficient (Wildman–Crippen LogP) is 2.67. The molecule has 3 rings (SSSR count). The number of hydrogen-bond donors (Lipinski definition) is 1. The van der Waals surface area contributed by atoms with Gasteiger partial charge in [-0.2, -0.15) is 0 Å². The van der Waals surface area contributed by atoms with E-state index in [0.717, 1.165) is 0 Å². The number of esters is 1. The van der Waals surface area contributed by atoms with Gasteiger partial charge in [0.05, 0.1) is 6.42 Å². The molecule has 7 heteroatoms. The average molecular weight is 345 g/mol. The number of carbonyl (C=O) groups excluding carboxylic acids is 2. The molecule has 0 spiro atoms. The van der Waals surface area contributed by atoms with Crippen molar-refractivity contribution in [1.29, 1.82) is 0 Å². The Bertz CT molecular complexity index is 791. The van der Waals surface area contributed by atoms with Crippen LogP contribution in [0, 0.1) is 5.82 Å². The van der Waals surface area contributed by atoms with E-state index in [9.17, 15) is 14.0 Å².